The standard InChI is InChI=1S/C14H22ClNO3/c1-5-11(17)12(15)16-9-7-6-8-10(16)13(18)19-14(2,3)4/h5,10,17H,1,6-9H2,2-4H3/t10-/m0/s1. The zero-order valence-corrected chi connectivity index (χ0v) is 12.5. The van der Waals surface area contributed by atoms with Gasteiger partial charge in [0.1, 0.15) is 22.6 Å². The van der Waals surface area contributed by atoms with E-state index in [9.17, 15) is 9.90 Å². The van der Waals surface area contributed by atoms with Crippen LogP contribution in [0, 0.1) is 0 Å². The number of carbonyl (C=O) groups is 1. The van der Waals surface area contributed by atoms with Crippen molar-refractivity contribution in [3.05, 3.63) is 23.6 Å². The first-order chi connectivity index (χ1) is 8.76. The van der Waals surface area contributed by atoms with Gasteiger partial charge in [-0.3, -0.25) is 0 Å². The summed E-state index contributed by atoms with van der Waals surface area (Å²) >= 11 is 6.10. The quantitative estimate of drug-likeness (QED) is 0.374. The molecule has 1 N–H and O–H groups in total. The highest BCUT2D eigenvalue weighted by Crippen LogP contribution is 2.27. The first-order valence-corrected chi connectivity index (χ1v) is 6.84. The van der Waals surface area contributed by atoms with Crippen LogP contribution in [0.25, 0.3) is 0 Å². The molecule has 19 heavy (non-hydrogen) atoms. The molecular weight excluding hydrogens is 266 g/mol. The summed E-state index contributed by atoms with van der Waals surface area (Å²) in [5, 5.41) is 9.80. The molecule has 0 saturated carbocycles. The molecule has 5 heteroatoms. The number of aliphatic hydroxyl groups is 1. The van der Waals surface area contributed by atoms with E-state index < -0.39 is 11.6 Å². The van der Waals surface area contributed by atoms with Crippen molar-refractivity contribution in [3.63, 3.8) is 0 Å². The number of piperidine rings is 1. The lowest BCUT2D eigenvalue weighted by atomic mass is 10.0. The minimum absolute atomic E-state index is 0.114. The van der Waals surface area contributed by atoms with Crippen molar-refractivity contribution >= 4 is 17.6 Å². The van der Waals surface area contributed by atoms with Crippen LogP contribution in [0.2, 0.25) is 0 Å². The van der Waals surface area contributed by atoms with E-state index in [1.807, 2.05) is 20.8 Å². The van der Waals surface area contributed by atoms with Crippen LogP contribution < -0.4 is 0 Å². The second-order valence-electron chi connectivity index (χ2n) is 5.62. The molecule has 1 fully saturated rings. The molecule has 1 atom stereocenters. The topological polar surface area (TPSA) is 49.8 Å². The number of likely N-dealkylation sites (tertiary alicyclic amines) is 1. The van der Waals surface area contributed by atoms with Gasteiger partial charge in [0.05, 0.1) is 0 Å². The number of rotatable bonds is 3. The number of hydrogen-bond acceptors (Lipinski definition) is 4. The van der Waals surface area contributed by atoms with Crippen molar-refractivity contribution in [3.8, 4) is 0 Å². The molecule has 1 saturated heterocycles. The van der Waals surface area contributed by atoms with E-state index in [0.29, 0.717) is 13.0 Å². The van der Waals surface area contributed by atoms with Crippen LogP contribution in [-0.4, -0.2) is 34.2 Å². The molecule has 0 aliphatic carbocycles. The fourth-order valence-corrected chi connectivity index (χ4v) is 2.29. The minimum Gasteiger partial charge on any atom is -0.505 e. The van der Waals surface area contributed by atoms with Crippen molar-refractivity contribution in [2.75, 3.05) is 6.54 Å². The lowest BCUT2D eigenvalue weighted by Crippen LogP contribution is -2.46. The maximum Gasteiger partial charge on any atom is 0.329 e. The Morgan fingerprint density at radius 3 is 2.63 bits per heavy atom. The number of hydrogen-bond donors (Lipinski definition) is 1. The van der Waals surface area contributed by atoms with Crippen molar-refractivity contribution < 1.29 is 14.6 Å². The van der Waals surface area contributed by atoms with Crippen LogP contribution in [0.1, 0.15) is 40.0 Å². The predicted octanol–water partition coefficient (Wildman–Crippen LogP) is 3.33. The Kier molecular flexibility index (Phi) is 5.29. The number of aliphatic hydroxyl groups excluding tert-OH is 1. The summed E-state index contributed by atoms with van der Waals surface area (Å²) < 4.78 is 5.40. The first-order valence-electron chi connectivity index (χ1n) is 6.47. The molecule has 4 nitrogen and oxygen atoms in total. The van der Waals surface area contributed by atoms with Crippen LogP contribution in [0.4, 0.5) is 0 Å². The van der Waals surface area contributed by atoms with Gasteiger partial charge < -0.3 is 14.7 Å². The summed E-state index contributed by atoms with van der Waals surface area (Å²) in [5.74, 6) is -0.417. The van der Waals surface area contributed by atoms with E-state index in [0.717, 1.165) is 12.8 Å². The zero-order chi connectivity index (χ0) is 14.6. The van der Waals surface area contributed by atoms with E-state index in [2.05, 4.69) is 6.58 Å². The second-order valence-corrected chi connectivity index (χ2v) is 5.98. The van der Waals surface area contributed by atoms with Gasteiger partial charge in [0, 0.05) is 6.54 Å². The van der Waals surface area contributed by atoms with Gasteiger partial charge in [-0.1, -0.05) is 18.2 Å². The highest BCUT2D eigenvalue weighted by Gasteiger charge is 2.33. The van der Waals surface area contributed by atoms with Gasteiger partial charge in [-0.2, -0.15) is 0 Å². The van der Waals surface area contributed by atoms with Gasteiger partial charge in [0.15, 0.2) is 0 Å². The molecule has 0 aromatic carbocycles. The number of halogens is 1. The molecule has 1 rings (SSSR count). The molecular formula is C14H22ClNO3. The summed E-state index contributed by atoms with van der Waals surface area (Å²) in [7, 11) is 0. The third-order valence-corrected chi connectivity index (χ3v) is 3.25. The Balaban J connectivity index is 2.90. The predicted molar refractivity (Wildman–Crippen MR) is 75.9 cm³/mol. The Bertz CT molecular complexity index is 385. The molecule has 1 aliphatic heterocycles. The fraction of sp³-hybridized carbons (Fsp3) is 0.643. The lowest BCUT2D eigenvalue weighted by molar-refractivity contribution is -0.161. The maximum absolute atomic E-state index is 12.2. The van der Waals surface area contributed by atoms with E-state index in [1.165, 1.54) is 6.08 Å². The zero-order valence-electron chi connectivity index (χ0n) is 11.8. The van der Waals surface area contributed by atoms with Crippen molar-refractivity contribution in [2.45, 2.75) is 51.7 Å². The lowest BCUT2D eigenvalue weighted by Gasteiger charge is -2.36. The molecule has 0 aromatic heterocycles. The molecule has 1 heterocycles. The monoisotopic (exact) mass is 287 g/mol. The number of nitrogens with zero attached hydrogens (tertiary/aromatic N) is 1. The highest BCUT2D eigenvalue weighted by atomic mass is 35.5. The Morgan fingerprint density at radius 2 is 2.11 bits per heavy atom. The second kappa shape index (κ2) is 6.33. The molecule has 0 unspecified atom stereocenters. The van der Waals surface area contributed by atoms with Gasteiger partial charge in [0.25, 0.3) is 0 Å². The van der Waals surface area contributed by atoms with Crippen LogP contribution in [-0.2, 0) is 9.53 Å². The molecule has 0 radical (unpaired) electrons. The highest BCUT2D eigenvalue weighted by molar-refractivity contribution is 6.29. The molecule has 0 aromatic rings. The van der Waals surface area contributed by atoms with Gasteiger partial charge in [-0.15, -0.1) is 0 Å². The Hall–Kier alpha value is -1.16. The average Bonchev–Trinajstić information content (AvgIpc) is 2.35. The molecule has 108 valence electrons. The minimum atomic E-state index is -0.531. The summed E-state index contributed by atoms with van der Waals surface area (Å²) in [6.07, 6.45) is 3.82. The molecule has 0 amide bonds. The average molecular weight is 288 g/mol. The van der Waals surface area contributed by atoms with Gasteiger partial charge in [-0.05, 0) is 46.1 Å². The summed E-state index contributed by atoms with van der Waals surface area (Å²) in [6, 6.07) is -0.442. The van der Waals surface area contributed by atoms with Crippen LogP contribution in [0.5, 0.6) is 0 Å². The summed E-state index contributed by atoms with van der Waals surface area (Å²) in [5.41, 5.74) is -0.531. The Morgan fingerprint density at radius 1 is 1.47 bits per heavy atom. The number of ether oxygens (including phenoxy) is 1. The van der Waals surface area contributed by atoms with E-state index in [4.69, 9.17) is 16.3 Å². The fourth-order valence-electron chi connectivity index (χ4n) is 2.01. The van der Waals surface area contributed by atoms with Crippen LogP contribution in [0.3, 0.4) is 0 Å². The summed E-state index contributed by atoms with van der Waals surface area (Å²) in [6.45, 7) is 9.59. The third kappa shape index (κ3) is 4.46. The van der Waals surface area contributed by atoms with E-state index >= 15 is 0 Å². The summed E-state index contributed by atoms with van der Waals surface area (Å²) in [4.78, 5) is 13.9. The number of allylic oxidation sites excluding steroid dienone is 1. The van der Waals surface area contributed by atoms with Gasteiger partial charge in [-0.25, -0.2) is 4.79 Å². The van der Waals surface area contributed by atoms with Gasteiger partial charge >= 0.3 is 5.97 Å². The first kappa shape index (κ1) is 15.9. The van der Waals surface area contributed by atoms with E-state index in [-0.39, 0.29) is 16.9 Å². The maximum atomic E-state index is 12.2. The van der Waals surface area contributed by atoms with Gasteiger partial charge in [0.2, 0.25) is 0 Å². The smallest absolute Gasteiger partial charge is 0.329 e. The van der Waals surface area contributed by atoms with Crippen molar-refractivity contribution in [2.24, 2.45) is 0 Å². The molecule has 0 spiro atoms. The number of carbonyl (C=O) groups excluding carboxylic acids is 1. The Labute approximate surface area is 119 Å². The number of esters is 1. The SMILES string of the molecule is C=CC(O)=C(Cl)N1CCCC[C@H]1C(=O)OC(C)(C)C. The van der Waals surface area contributed by atoms with Crippen molar-refractivity contribution in [1.29, 1.82) is 0 Å². The van der Waals surface area contributed by atoms with Crippen LogP contribution in [0.15, 0.2) is 23.6 Å². The molecule has 0 bridgehead atoms. The van der Waals surface area contributed by atoms with E-state index in [1.54, 1.807) is 4.90 Å². The third-order valence-electron chi connectivity index (χ3n) is 2.84. The molecule has 1 aliphatic rings. The van der Waals surface area contributed by atoms with Crippen molar-refractivity contribution in [1.82, 2.24) is 4.90 Å². The normalized spacial score (nSPS) is 21.7. The van der Waals surface area contributed by atoms with Crippen LogP contribution >= 0.6 is 11.6 Å². The largest absolute Gasteiger partial charge is 0.505 e.